The molecule has 10 heteroatoms. The number of rotatable bonds is 4. The molecule has 0 saturated carbocycles. The zero-order chi connectivity index (χ0) is 16.5. The first kappa shape index (κ1) is 15.6. The van der Waals surface area contributed by atoms with Gasteiger partial charge in [0, 0.05) is 23.8 Å². The van der Waals surface area contributed by atoms with Crippen LogP contribution in [0, 0.1) is 10.1 Å². The van der Waals surface area contributed by atoms with Gasteiger partial charge in [-0.15, -0.1) is 0 Å². The fraction of sp³-hybridized carbons (Fsp3) is 0.167. The summed E-state index contributed by atoms with van der Waals surface area (Å²) in [5.41, 5.74) is -0.167. The molecule has 0 N–H and O–H groups in total. The second-order valence-corrected chi connectivity index (χ2v) is 5.83. The second kappa shape index (κ2) is 5.56. The Morgan fingerprint density at radius 1 is 1.32 bits per heavy atom. The van der Waals surface area contributed by atoms with Gasteiger partial charge < -0.3 is 4.18 Å². The van der Waals surface area contributed by atoms with Crippen LogP contribution in [0.3, 0.4) is 0 Å². The highest BCUT2D eigenvalue weighted by atomic mass is 32.2. The van der Waals surface area contributed by atoms with Crippen molar-refractivity contribution in [2.24, 2.45) is 0 Å². The molecule has 1 aromatic carbocycles. The van der Waals surface area contributed by atoms with Crippen LogP contribution in [0.4, 0.5) is 5.69 Å². The number of hydrogen-bond acceptors (Lipinski definition) is 7. The van der Waals surface area contributed by atoms with Gasteiger partial charge in [-0.3, -0.25) is 19.7 Å². The van der Waals surface area contributed by atoms with E-state index in [1.54, 1.807) is 0 Å². The minimum absolute atomic E-state index is 0.0416. The smallest absolute Gasteiger partial charge is 0.371 e. The van der Waals surface area contributed by atoms with Crippen molar-refractivity contribution < 1.29 is 27.1 Å². The molecule has 0 saturated heterocycles. The van der Waals surface area contributed by atoms with Crippen LogP contribution < -0.4 is 0 Å². The van der Waals surface area contributed by atoms with E-state index in [1.165, 1.54) is 19.1 Å². The molecule has 2 rings (SSSR count). The van der Waals surface area contributed by atoms with E-state index in [2.05, 4.69) is 4.18 Å². The molecule has 0 radical (unpaired) electrons. The Morgan fingerprint density at radius 2 is 1.91 bits per heavy atom. The highest BCUT2D eigenvalue weighted by Crippen LogP contribution is 2.18. The van der Waals surface area contributed by atoms with Crippen LogP contribution in [0.5, 0.6) is 0 Å². The van der Waals surface area contributed by atoms with Crippen LogP contribution in [0.2, 0.25) is 0 Å². The predicted molar refractivity (Wildman–Crippen MR) is 72.9 cm³/mol. The number of nitrogens with zero attached hydrogens (tertiary/aromatic N) is 2. The molecule has 116 valence electrons. The summed E-state index contributed by atoms with van der Waals surface area (Å²) in [4.78, 5) is 33.6. The van der Waals surface area contributed by atoms with E-state index in [9.17, 15) is 28.1 Å². The van der Waals surface area contributed by atoms with E-state index >= 15 is 0 Å². The molecule has 9 nitrogen and oxygen atoms in total. The van der Waals surface area contributed by atoms with Gasteiger partial charge in [0.25, 0.3) is 11.6 Å². The summed E-state index contributed by atoms with van der Waals surface area (Å²) in [7, 11) is -4.36. The average molecular weight is 326 g/mol. The van der Waals surface area contributed by atoms with Gasteiger partial charge in [0.15, 0.2) is 5.78 Å². The molecule has 0 aromatic heterocycles. The van der Waals surface area contributed by atoms with Crippen molar-refractivity contribution in [3.8, 4) is 0 Å². The zero-order valence-corrected chi connectivity index (χ0v) is 12.1. The standard InChI is InChI=1S/C12H10N2O7S/c1-8-6-12(16)13(22(19,20)21-8)7-11(15)9-2-4-10(5-3-9)14(17)18/h2-6H,7H2,1H3. The summed E-state index contributed by atoms with van der Waals surface area (Å²) in [5, 5.41) is 10.5. The zero-order valence-electron chi connectivity index (χ0n) is 11.3. The number of allylic oxidation sites excluding steroid dienone is 1. The highest BCUT2D eigenvalue weighted by Gasteiger charge is 2.34. The van der Waals surface area contributed by atoms with Gasteiger partial charge in [-0.25, -0.2) is 0 Å². The number of carbonyl (C=O) groups excluding carboxylic acids is 2. The Hall–Kier alpha value is -2.75. The number of carbonyl (C=O) groups is 2. The summed E-state index contributed by atoms with van der Waals surface area (Å²) >= 11 is 0. The molecule has 0 aliphatic carbocycles. The van der Waals surface area contributed by atoms with E-state index in [1.807, 2.05) is 0 Å². The predicted octanol–water partition coefficient (Wildman–Crippen LogP) is 0.785. The Kier molecular flexibility index (Phi) is 3.95. The van der Waals surface area contributed by atoms with Gasteiger partial charge in [0.05, 0.1) is 4.92 Å². The first-order chi connectivity index (χ1) is 10.2. The maximum Gasteiger partial charge on any atom is 0.412 e. The van der Waals surface area contributed by atoms with E-state index in [4.69, 9.17) is 0 Å². The number of ketones is 1. The number of non-ortho nitro benzene ring substituents is 1. The number of nitro groups is 1. The van der Waals surface area contributed by atoms with E-state index in [0.717, 1.165) is 18.2 Å². The molecular formula is C12H10N2O7S. The molecule has 1 aliphatic rings. The highest BCUT2D eigenvalue weighted by molar-refractivity contribution is 7.85. The van der Waals surface area contributed by atoms with Gasteiger partial charge >= 0.3 is 10.3 Å². The molecule has 0 unspecified atom stereocenters. The largest absolute Gasteiger partial charge is 0.412 e. The van der Waals surface area contributed by atoms with Crippen molar-refractivity contribution in [1.82, 2.24) is 4.31 Å². The van der Waals surface area contributed by atoms with Crippen LogP contribution >= 0.6 is 0 Å². The molecule has 0 spiro atoms. The maximum absolute atomic E-state index is 12.0. The van der Waals surface area contributed by atoms with Gasteiger partial charge in [-0.2, -0.15) is 12.7 Å². The summed E-state index contributed by atoms with van der Waals surface area (Å²) in [6.45, 7) is 0.549. The second-order valence-electron chi connectivity index (χ2n) is 4.37. The Bertz CT molecular complexity index is 780. The summed E-state index contributed by atoms with van der Waals surface area (Å²) < 4.78 is 28.3. The first-order valence-corrected chi connectivity index (χ1v) is 7.29. The third kappa shape index (κ3) is 3.11. The lowest BCUT2D eigenvalue weighted by Gasteiger charge is -2.23. The monoisotopic (exact) mass is 326 g/mol. The molecule has 1 amide bonds. The molecule has 0 atom stereocenters. The number of hydrogen-bond donors (Lipinski definition) is 0. The third-order valence-corrected chi connectivity index (χ3v) is 4.09. The molecule has 1 heterocycles. The van der Waals surface area contributed by atoms with E-state index in [-0.39, 0.29) is 17.0 Å². The summed E-state index contributed by atoms with van der Waals surface area (Å²) in [6.07, 6.45) is 0.949. The van der Waals surface area contributed by atoms with Crippen molar-refractivity contribution in [3.63, 3.8) is 0 Å². The normalized spacial score (nSPS) is 16.7. The summed E-state index contributed by atoms with van der Waals surface area (Å²) in [6, 6.07) is 4.59. The molecule has 1 aromatic rings. The van der Waals surface area contributed by atoms with Gasteiger partial charge in [-0.1, -0.05) is 0 Å². The van der Waals surface area contributed by atoms with Crippen LogP contribution in [-0.4, -0.2) is 35.9 Å². The van der Waals surface area contributed by atoms with Crippen LogP contribution in [0.1, 0.15) is 17.3 Å². The lowest BCUT2D eigenvalue weighted by atomic mass is 10.1. The Labute approximate surface area is 125 Å². The molecule has 1 aliphatic heterocycles. The van der Waals surface area contributed by atoms with Gasteiger partial charge in [-0.05, 0) is 19.1 Å². The lowest BCUT2D eigenvalue weighted by Crippen LogP contribution is -2.42. The minimum atomic E-state index is -4.36. The average Bonchev–Trinajstić information content (AvgIpc) is 2.42. The number of nitro benzene ring substituents is 1. The first-order valence-electron chi connectivity index (χ1n) is 5.93. The van der Waals surface area contributed by atoms with E-state index < -0.39 is 33.5 Å². The number of benzene rings is 1. The SMILES string of the molecule is CC1=CC(=O)N(CC(=O)c2ccc([N+](=O)[O-])cc2)S(=O)(=O)O1. The summed E-state index contributed by atoms with van der Waals surface area (Å²) in [5.74, 6) is -1.67. The molecule has 22 heavy (non-hydrogen) atoms. The quantitative estimate of drug-likeness (QED) is 0.455. The lowest BCUT2D eigenvalue weighted by molar-refractivity contribution is -0.384. The Balaban J connectivity index is 2.21. The van der Waals surface area contributed by atoms with Crippen LogP contribution in [0.25, 0.3) is 0 Å². The molecule has 0 bridgehead atoms. The topological polar surface area (TPSA) is 124 Å². The van der Waals surface area contributed by atoms with Crippen molar-refractivity contribution in [1.29, 1.82) is 0 Å². The Morgan fingerprint density at radius 3 is 2.41 bits per heavy atom. The van der Waals surface area contributed by atoms with Gasteiger partial charge in [0.1, 0.15) is 12.3 Å². The van der Waals surface area contributed by atoms with Gasteiger partial charge in [0.2, 0.25) is 0 Å². The van der Waals surface area contributed by atoms with Crippen molar-refractivity contribution in [2.75, 3.05) is 6.54 Å². The van der Waals surface area contributed by atoms with Crippen molar-refractivity contribution in [3.05, 3.63) is 51.8 Å². The fourth-order valence-corrected chi connectivity index (χ4v) is 2.76. The van der Waals surface area contributed by atoms with Crippen molar-refractivity contribution in [2.45, 2.75) is 6.92 Å². The molecular weight excluding hydrogens is 316 g/mol. The van der Waals surface area contributed by atoms with Crippen LogP contribution in [-0.2, 0) is 19.3 Å². The van der Waals surface area contributed by atoms with Crippen molar-refractivity contribution >= 4 is 27.7 Å². The van der Waals surface area contributed by atoms with E-state index in [0.29, 0.717) is 4.31 Å². The maximum atomic E-state index is 12.0. The number of amides is 1. The minimum Gasteiger partial charge on any atom is -0.371 e. The third-order valence-electron chi connectivity index (χ3n) is 2.77. The number of Topliss-reactive ketones (excluding diaryl/α,β-unsaturated/α-hetero) is 1. The fourth-order valence-electron chi connectivity index (χ4n) is 1.74. The van der Waals surface area contributed by atoms with Crippen LogP contribution in [0.15, 0.2) is 36.1 Å². The molecule has 0 fully saturated rings.